The molecule has 4 nitrogen and oxygen atoms in total. The highest BCUT2D eigenvalue weighted by atomic mass is 19.1. The van der Waals surface area contributed by atoms with E-state index in [0.717, 1.165) is 0 Å². The molecule has 0 aliphatic heterocycles. The lowest BCUT2D eigenvalue weighted by molar-refractivity contribution is 0.0686. The third kappa shape index (κ3) is 2.75. The number of carbonyl (C=O) groups excluding carboxylic acids is 1. The van der Waals surface area contributed by atoms with Gasteiger partial charge in [-0.15, -0.1) is 0 Å². The number of esters is 1. The van der Waals surface area contributed by atoms with E-state index in [-0.39, 0.29) is 18.1 Å². The Hall–Kier alpha value is -2.14. The molecule has 0 N–H and O–H groups in total. The maximum atomic E-state index is 13.3. The lowest BCUT2D eigenvalue weighted by Crippen LogP contribution is -2.08. The molecule has 1 aromatic carbocycles. The van der Waals surface area contributed by atoms with Gasteiger partial charge in [0.2, 0.25) is 5.76 Å². The van der Waals surface area contributed by atoms with E-state index >= 15 is 0 Å². The summed E-state index contributed by atoms with van der Waals surface area (Å²) < 4.78 is 28.2. The summed E-state index contributed by atoms with van der Waals surface area (Å²) in [5.74, 6) is -0.979. The summed E-state index contributed by atoms with van der Waals surface area (Å²) in [5.41, 5.74) is 0. The van der Waals surface area contributed by atoms with Gasteiger partial charge in [0.05, 0.1) is 0 Å². The van der Waals surface area contributed by atoms with E-state index in [9.17, 15) is 9.18 Å². The quantitative estimate of drug-likeness (QED) is 0.618. The van der Waals surface area contributed by atoms with Crippen LogP contribution in [0.15, 0.2) is 40.8 Å². The Morgan fingerprint density at radius 1 is 1.28 bits per heavy atom. The number of halogens is 1. The van der Waals surface area contributed by atoms with Crippen LogP contribution in [0.5, 0.6) is 5.75 Å². The smallest absolute Gasteiger partial charge is 0.379 e. The Kier molecular flexibility index (Phi) is 3.74. The minimum Gasteiger partial charge on any atom is -0.452 e. The van der Waals surface area contributed by atoms with Gasteiger partial charge in [-0.1, -0.05) is 12.1 Å². The van der Waals surface area contributed by atoms with Gasteiger partial charge in [-0.2, -0.15) is 0 Å². The molecule has 0 aliphatic carbocycles. The van der Waals surface area contributed by atoms with E-state index < -0.39 is 11.8 Å². The first-order chi connectivity index (χ1) is 8.70. The molecule has 0 radical (unpaired) electrons. The molecular weight excluding hydrogens is 239 g/mol. The highest BCUT2D eigenvalue weighted by Gasteiger charge is 2.15. The molecule has 0 fully saturated rings. The summed E-state index contributed by atoms with van der Waals surface area (Å²) >= 11 is 0. The number of benzene rings is 1. The molecule has 0 saturated heterocycles. The van der Waals surface area contributed by atoms with Crippen LogP contribution >= 0.6 is 0 Å². The summed E-state index contributed by atoms with van der Waals surface area (Å²) in [7, 11) is 1.51. The van der Waals surface area contributed by atoms with Crippen LogP contribution in [0.2, 0.25) is 0 Å². The molecule has 1 aromatic heterocycles. The molecule has 0 spiro atoms. The van der Waals surface area contributed by atoms with Gasteiger partial charge in [-0.25, -0.2) is 9.18 Å². The first-order valence-corrected chi connectivity index (χ1v) is 5.25. The van der Waals surface area contributed by atoms with Crippen molar-refractivity contribution in [2.24, 2.45) is 0 Å². The van der Waals surface area contributed by atoms with Crippen LogP contribution in [0, 0.1) is 5.82 Å². The average Bonchev–Trinajstić information content (AvgIpc) is 2.81. The Labute approximate surface area is 103 Å². The molecule has 5 heteroatoms. The number of methoxy groups -OCH3 is 1. The molecule has 0 aliphatic rings. The third-order valence-electron chi connectivity index (χ3n) is 2.19. The average molecular weight is 250 g/mol. The Morgan fingerprint density at radius 3 is 2.78 bits per heavy atom. The van der Waals surface area contributed by atoms with E-state index in [1.165, 1.54) is 31.4 Å². The standard InChI is InChI=1S/C13H11FO4/c1-16-8-9-6-7-12(17-9)13(15)18-11-5-3-2-4-10(11)14/h2-7H,8H2,1H3. The van der Waals surface area contributed by atoms with E-state index in [1.807, 2.05) is 0 Å². The van der Waals surface area contributed by atoms with Crippen LogP contribution < -0.4 is 4.74 Å². The first-order valence-electron chi connectivity index (χ1n) is 5.25. The number of carbonyl (C=O) groups is 1. The molecule has 18 heavy (non-hydrogen) atoms. The predicted molar refractivity (Wildman–Crippen MR) is 60.8 cm³/mol. The van der Waals surface area contributed by atoms with Gasteiger partial charge in [0, 0.05) is 7.11 Å². The Morgan fingerprint density at radius 2 is 2.06 bits per heavy atom. The Bertz CT molecular complexity index is 547. The number of hydrogen-bond acceptors (Lipinski definition) is 4. The highest BCUT2D eigenvalue weighted by Crippen LogP contribution is 2.18. The lowest BCUT2D eigenvalue weighted by Gasteiger charge is -2.02. The fourth-order valence-electron chi connectivity index (χ4n) is 1.39. The second-order valence-corrected chi connectivity index (χ2v) is 3.52. The van der Waals surface area contributed by atoms with Crippen molar-refractivity contribution in [3.8, 4) is 5.75 Å². The summed E-state index contributed by atoms with van der Waals surface area (Å²) in [6, 6.07) is 8.72. The fraction of sp³-hybridized carbons (Fsp3) is 0.154. The zero-order chi connectivity index (χ0) is 13.0. The zero-order valence-corrected chi connectivity index (χ0v) is 9.68. The lowest BCUT2D eigenvalue weighted by atomic mass is 10.3. The number of rotatable bonds is 4. The number of para-hydroxylation sites is 1. The van der Waals surface area contributed by atoms with Crippen molar-refractivity contribution in [2.75, 3.05) is 7.11 Å². The van der Waals surface area contributed by atoms with Crippen molar-refractivity contribution in [2.45, 2.75) is 6.61 Å². The van der Waals surface area contributed by atoms with Crippen molar-refractivity contribution < 1.29 is 23.1 Å². The van der Waals surface area contributed by atoms with Crippen molar-refractivity contribution in [3.63, 3.8) is 0 Å². The van der Waals surface area contributed by atoms with E-state index in [1.54, 1.807) is 12.1 Å². The molecular formula is C13H11FO4. The van der Waals surface area contributed by atoms with Gasteiger partial charge < -0.3 is 13.9 Å². The zero-order valence-electron chi connectivity index (χ0n) is 9.68. The van der Waals surface area contributed by atoms with Crippen LogP contribution in [-0.4, -0.2) is 13.1 Å². The number of ether oxygens (including phenoxy) is 2. The largest absolute Gasteiger partial charge is 0.452 e. The summed E-state index contributed by atoms with van der Waals surface area (Å²) in [6.07, 6.45) is 0. The minimum atomic E-state index is -0.748. The fourth-order valence-corrected chi connectivity index (χ4v) is 1.39. The summed E-state index contributed by atoms with van der Waals surface area (Å²) in [4.78, 5) is 11.7. The molecule has 0 atom stereocenters. The summed E-state index contributed by atoms with van der Waals surface area (Å²) in [6.45, 7) is 0.257. The highest BCUT2D eigenvalue weighted by molar-refractivity contribution is 5.88. The van der Waals surface area contributed by atoms with E-state index in [0.29, 0.717) is 5.76 Å². The number of furan rings is 1. The first kappa shape index (κ1) is 12.3. The molecule has 0 saturated carbocycles. The SMILES string of the molecule is COCc1ccc(C(=O)Oc2ccccc2F)o1. The second kappa shape index (κ2) is 5.46. The molecule has 1 heterocycles. The minimum absolute atomic E-state index is 0.00491. The third-order valence-corrected chi connectivity index (χ3v) is 2.19. The summed E-state index contributed by atoms with van der Waals surface area (Å²) in [5, 5.41) is 0. The van der Waals surface area contributed by atoms with Crippen LogP contribution in [0.1, 0.15) is 16.3 Å². The maximum absolute atomic E-state index is 13.3. The van der Waals surface area contributed by atoms with Crippen molar-refractivity contribution in [3.05, 3.63) is 53.7 Å². The van der Waals surface area contributed by atoms with Crippen molar-refractivity contribution in [1.82, 2.24) is 0 Å². The van der Waals surface area contributed by atoms with Crippen LogP contribution in [0.4, 0.5) is 4.39 Å². The van der Waals surface area contributed by atoms with Gasteiger partial charge in [0.25, 0.3) is 0 Å². The van der Waals surface area contributed by atoms with E-state index in [4.69, 9.17) is 13.9 Å². The molecule has 2 aromatic rings. The van der Waals surface area contributed by atoms with Crippen LogP contribution in [-0.2, 0) is 11.3 Å². The maximum Gasteiger partial charge on any atom is 0.379 e. The van der Waals surface area contributed by atoms with Crippen LogP contribution in [0.25, 0.3) is 0 Å². The van der Waals surface area contributed by atoms with Gasteiger partial charge in [-0.3, -0.25) is 0 Å². The molecule has 0 bridgehead atoms. The normalized spacial score (nSPS) is 10.3. The molecule has 0 amide bonds. The van der Waals surface area contributed by atoms with Gasteiger partial charge in [0.1, 0.15) is 12.4 Å². The molecule has 2 rings (SSSR count). The van der Waals surface area contributed by atoms with Crippen LogP contribution in [0.3, 0.4) is 0 Å². The van der Waals surface area contributed by atoms with Crippen molar-refractivity contribution in [1.29, 1.82) is 0 Å². The monoisotopic (exact) mass is 250 g/mol. The van der Waals surface area contributed by atoms with Crippen molar-refractivity contribution >= 4 is 5.97 Å². The molecule has 0 unspecified atom stereocenters. The number of hydrogen-bond donors (Lipinski definition) is 0. The topological polar surface area (TPSA) is 48.7 Å². The Balaban J connectivity index is 2.10. The second-order valence-electron chi connectivity index (χ2n) is 3.52. The van der Waals surface area contributed by atoms with Gasteiger partial charge in [-0.05, 0) is 24.3 Å². The van der Waals surface area contributed by atoms with E-state index in [2.05, 4.69) is 0 Å². The van der Waals surface area contributed by atoms with Gasteiger partial charge in [0.15, 0.2) is 11.6 Å². The predicted octanol–water partition coefficient (Wildman–Crippen LogP) is 2.78. The molecule has 94 valence electrons. The van der Waals surface area contributed by atoms with Gasteiger partial charge >= 0.3 is 5.97 Å².